The third-order valence-electron chi connectivity index (χ3n) is 2.79. The van der Waals surface area contributed by atoms with Gasteiger partial charge in [0.2, 0.25) is 0 Å². The van der Waals surface area contributed by atoms with Gasteiger partial charge < -0.3 is 10.0 Å². The molecule has 0 saturated heterocycles. The number of aliphatic hydroxyl groups is 1. The fourth-order valence-electron chi connectivity index (χ4n) is 1.87. The molecule has 1 N–H and O–H groups in total. The molecule has 0 heterocycles. The molecule has 2 nitrogen and oxygen atoms in total. The molecule has 0 aromatic heterocycles. The van der Waals surface area contributed by atoms with Gasteiger partial charge in [0.15, 0.2) is 0 Å². The topological polar surface area (TPSA) is 23.5 Å². The number of benzene rings is 1. The van der Waals surface area contributed by atoms with Crippen LogP contribution in [0.4, 0.5) is 5.69 Å². The van der Waals surface area contributed by atoms with E-state index in [1.807, 2.05) is 12.1 Å². The standard InChI is InChI=1S/C14H23NO/c1-5-10-15(11(2)3)14-8-6-13(7-9-14)12(4)16/h6-9,11-12,16H,5,10H2,1-4H3/t12-/m0/s1. The van der Waals surface area contributed by atoms with E-state index in [2.05, 4.69) is 37.8 Å². The average Bonchev–Trinajstić information content (AvgIpc) is 2.25. The van der Waals surface area contributed by atoms with E-state index in [-0.39, 0.29) is 6.10 Å². The van der Waals surface area contributed by atoms with Gasteiger partial charge in [0.05, 0.1) is 6.10 Å². The van der Waals surface area contributed by atoms with Crippen LogP contribution in [0, 0.1) is 0 Å². The van der Waals surface area contributed by atoms with Gasteiger partial charge in [-0.2, -0.15) is 0 Å². The summed E-state index contributed by atoms with van der Waals surface area (Å²) in [4.78, 5) is 2.38. The molecule has 1 rings (SSSR count). The number of anilines is 1. The number of hydrogen-bond donors (Lipinski definition) is 1. The van der Waals surface area contributed by atoms with Crippen molar-refractivity contribution < 1.29 is 5.11 Å². The molecular weight excluding hydrogens is 198 g/mol. The third kappa shape index (κ3) is 3.24. The van der Waals surface area contributed by atoms with Crippen molar-refractivity contribution in [2.75, 3.05) is 11.4 Å². The first-order chi connectivity index (χ1) is 7.56. The van der Waals surface area contributed by atoms with Crippen molar-refractivity contribution in [2.45, 2.75) is 46.3 Å². The van der Waals surface area contributed by atoms with Crippen molar-refractivity contribution in [1.82, 2.24) is 0 Å². The van der Waals surface area contributed by atoms with Crippen LogP contribution in [0.2, 0.25) is 0 Å². The molecule has 2 heteroatoms. The summed E-state index contributed by atoms with van der Waals surface area (Å²) in [6.45, 7) is 9.48. The normalized spacial score (nSPS) is 12.9. The highest BCUT2D eigenvalue weighted by Crippen LogP contribution is 2.21. The molecule has 1 aromatic rings. The molecular formula is C14H23NO. The average molecular weight is 221 g/mol. The maximum Gasteiger partial charge on any atom is 0.0761 e. The highest BCUT2D eigenvalue weighted by molar-refractivity contribution is 5.48. The molecule has 0 aliphatic rings. The second-order valence-corrected chi connectivity index (χ2v) is 4.55. The minimum absolute atomic E-state index is 0.382. The molecule has 1 atom stereocenters. The number of nitrogens with zero attached hydrogens (tertiary/aromatic N) is 1. The number of rotatable bonds is 5. The lowest BCUT2D eigenvalue weighted by atomic mass is 10.1. The van der Waals surface area contributed by atoms with E-state index in [1.165, 1.54) is 5.69 Å². The summed E-state index contributed by atoms with van der Waals surface area (Å²) >= 11 is 0. The molecule has 0 amide bonds. The van der Waals surface area contributed by atoms with Crippen molar-refractivity contribution in [3.8, 4) is 0 Å². The Balaban J connectivity index is 2.85. The molecule has 0 aliphatic carbocycles. The van der Waals surface area contributed by atoms with Crippen LogP contribution >= 0.6 is 0 Å². The fourth-order valence-corrected chi connectivity index (χ4v) is 1.87. The maximum atomic E-state index is 9.45. The summed E-state index contributed by atoms with van der Waals surface area (Å²) in [5.74, 6) is 0. The molecule has 0 unspecified atom stereocenters. The summed E-state index contributed by atoms with van der Waals surface area (Å²) in [6.07, 6.45) is 0.767. The predicted molar refractivity (Wildman–Crippen MR) is 69.8 cm³/mol. The van der Waals surface area contributed by atoms with Crippen molar-refractivity contribution in [3.05, 3.63) is 29.8 Å². The first kappa shape index (κ1) is 13.0. The zero-order valence-electron chi connectivity index (χ0n) is 10.8. The zero-order chi connectivity index (χ0) is 12.1. The lowest BCUT2D eigenvalue weighted by Gasteiger charge is -2.28. The Kier molecular flexibility index (Phi) is 4.81. The van der Waals surface area contributed by atoms with Crippen LogP contribution in [0.3, 0.4) is 0 Å². The second-order valence-electron chi connectivity index (χ2n) is 4.55. The largest absolute Gasteiger partial charge is 0.389 e. The van der Waals surface area contributed by atoms with Gasteiger partial charge in [-0.15, -0.1) is 0 Å². The van der Waals surface area contributed by atoms with Gasteiger partial charge in [0, 0.05) is 18.3 Å². The van der Waals surface area contributed by atoms with E-state index in [0.717, 1.165) is 18.5 Å². The maximum absolute atomic E-state index is 9.45. The van der Waals surface area contributed by atoms with E-state index in [0.29, 0.717) is 6.04 Å². The minimum Gasteiger partial charge on any atom is -0.389 e. The Hall–Kier alpha value is -1.02. The van der Waals surface area contributed by atoms with E-state index in [9.17, 15) is 5.11 Å². The molecule has 0 aliphatic heterocycles. The smallest absolute Gasteiger partial charge is 0.0761 e. The van der Waals surface area contributed by atoms with Crippen molar-refractivity contribution >= 4 is 5.69 Å². The third-order valence-corrected chi connectivity index (χ3v) is 2.79. The van der Waals surface area contributed by atoms with Gasteiger partial charge in [-0.25, -0.2) is 0 Å². The van der Waals surface area contributed by atoms with Crippen molar-refractivity contribution in [2.24, 2.45) is 0 Å². The summed E-state index contributed by atoms with van der Waals surface area (Å²) in [5, 5.41) is 9.45. The molecule has 1 aromatic carbocycles. The molecule has 0 saturated carbocycles. The summed E-state index contributed by atoms with van der Waals surface area (Å²) < 4.78 is 0. The van der Waals surface area contributed by atoms with Gasteiger partial charge in [-0.05, 0) is 44.9 Å². The number of hydrogen-bond acceptors (Lipinski definition) is 2. The predicted octanol–water partition coefficient (Wildman–Crippen LogP) is 3.36. The first-order valence-corrected chi connectivity index (χ1v) is 6.11. The minimum atomic E-state index is -0.382. The van der Waals surface area contributed by atoms with Gasteiger partial charge in [-0.1, -0.05) is 19.1 Å². The molecule has 90 valence electrons. The van der Waals surface area contributed by atoms with Crippen LogP contribution in [0.15, 0.2) is 24.3 Å². The molecule has 0 bridgehead atoms. The van der Waals surface area contributed by atoms with Crippen LogP contribution in [0.5, 0.6) is 0 Å². The summed E-state index contributed by atoms with van der Waals surface area (Å²) in [6, 6.07) is 8.71. The van der Waals surface area contributed by atoms with Crippen molar-refractivity contribution in [3.63, 3.8) is 0 Å². The zero-order valence-corrected chi connectivity index (χ0v) is 10.8. The molecule has 0 spiro atoms. The fraction of sp³-hybridized carbons (Fsp3) is 0.571. The first-order valence-electron chi connectivity index (χ1n) is 6.11. The van der Waals surface area contributed by atoms with Crippen LogP contribution in [0.25, 0.3) is 0 Å². The summed E-state index contributed by atoms with van der Waals surface area (Å²) in [5.41, 5.74) is 2.21. The Labute approximate surface area is 98.9 Å². The van der Waals surface area contributed by atoms with E-state index in [4.69, 9.17) is 0 Å². The van der Waals surface area contributed by atoms with E-state index < -0.39 is 0 Å². The van der Waals surface area contributed by atoms with E-state index in [1.54, 1.807) is 6.92 Å². The van der Waals surface area contributed by atoms with Gasteiger partial charge in [0.1, 0.15) is 0 Å². The van der Waals surface area contributed by atoms with Crippen molar-refractivity contribution in [1.29, 1.82) is 0 Å². The highest BCUT2D eigenvalue weighted by Gasteiger charge is 2.09. The monoisotopic (exact) mass is 221 g/mol. The van der Waals surface area contributed by atoms with Crippen LogP contribution in [-0.4, -0.2) is 17.7 Å². The van der Waals surface area contributed by atoms with Gasteiger partial charge in [0.25, 0.3) is 0 Å². The van der Waals surface area contributed by atoms with Crippen LogP contribution < -0.4 is 4.90 Å². The SMILES string of the molecule is CCCN(c1ccc([C@H](C)O)cc1)C(C)C. The molecule has 0 radical (unpaired) electrons. The Bertz CT molecular complexity index is 303. The second kappa shape index (κ2) is 5.90. The van der Waals surface area contributed by atoms with Crippen LogP contribution in [-0.2, 0) is 0 Å². The Morgan fingerprint density at radius 3 is 2.06 bits per heavy atom. The van der Waals surface area contributed by atoms with Gasteiger partial charge >= 0.3 is 0 Å². The summed E-state index contributed by atoms with van der Waals surface area (Å²) in [7, 11) is 0. The van der Waals surface area contributed by atoms with Gasteiger partial charge in [-0.3, -0.25) is 0 Å². The quantitative estimate of drug-likeness (QED) is 0.824. The number of aliphatic hydroxyl groups excluding tert-OH is 1. The lowest BCUT2D eigenvalue weighted by Crippen LogP contribution is -2.31. The molecule has 0 fully saturated rings. The highest BCUT2D eigenvalue weighted by atomic mass is 16.3. The Morgan fingerprint density at radius 2 is 1.69 bits per heavy atom. The molecule has 16 heavy (non-hydrogen) atoms. The lowest BCUT2D eigenvalue weighted by molar-refractivity contribution is 0.199. The van der Waals surface area contributed by atoms with E-state index >= 15 is 0 Å². The Morgan fingerprint density at radius 1 is 1.12 bits per heavy atom. The van der Waals surface area contributed by atoms with Crippen LogP contribution in [0.1, 0.15) is 45.8 Å².